The van der Waals surface area contributed by atoms with Crippen LogP contribution >= 0.6 is 11.3 Å². The van der Waals surface area contributed by atoms with E-state index in [1.807, 2.05) is 18.2 Å². The monoisotopic (exact) mass is 369 g/mol. The van der Waals surface area contributed by atoms with Crippen LogP contribution in [0.4, 0.5) is 4.39 Å². The second-order valence-electron chi connectivity index (χ2n) is 7.00. The molecular weight excluding hydrogens is 345 g/mol. The molecule has 3 aromatic rings. The van der Waals surface area contributed by atoms with E-state index in [9.17, 15) is 4.39 Å². The van der Waals surface area contributed by atoms with Crippen LogP contribution in [0.3, 0.4) is 0 Å². The van der Waals surface area contributed by atoms with Crippen molar-refractivity contribution in [1.82, 2.24) is 14.8 Å². The topological polar surface area (TPSA) is 19.4 Å². The van der Waals surface area contributed by atoms with Gasteiger partial charge in [-0.2, -0.15) is 0 Å². The van der Waals surface area contributed by atoms with Gasteiger partial charge in [0.05, 0.1) is 16.3 Å². The molecule has 4 rings (SSSR count). The average molecular weight is 370 g/mol. The first-order valence-electron chi connectivity index (χ1n) is 9.21. The number of fused-ring (bicyclic) bond motifs is 1. The van der Waals surface area contributed by atoms with Crippen LogP contribution in [0.15, 0.2) is 48.5 Å². The van der Waals surface area contributed by atoms with Crippen molar-refractivity contribution in [3.05, 3.63) is 64.9 Å². The van der Waals surface area contributed by atoms with Gasteiger partial charge in [0.2, 0.25) is 0 Å². The third kappa shape index (κ3) is 3.52. The molecule has 0 aliphatic carbocycles. The Morgan fingerprint density at radius 2 is 1.50 bits per heavy atom. The molecule has 0 unspecified atom stereocenters. The van der Waals surface area contributed by atoms with Crippen LogP contribution in [0, 0.1) is 5.82 Å². The molecular formula is C21H24FN3S. The van der Waals surface area contributed by atoms with E-state index in [-0.39, 0.29) is 5.82 Å². The van der Waals surface area contributed by atoms with Crippen molar-refractivity contribution in [3.63, 3.8) is 0 Å². The molecule has 0 radical (unpaired) electrons. The van der Waals surface area contributed by atoms with Gasteiger partial charge in [-0.25, -0.2) is 9.37 Å². The summed E-state index contributed by atoms with van der Waals surface area (Å²) in [4.78, 5) is 9.83. The molecule has 0 N–H and O–H groups in total. The summed E-state index contributed by atoms with van der Waals surface area (Å²) in [5, 5.41) is 1.20. The molecule has 2 atom stereocenters. The SMILES string of the molecule is C[C@@H](c1ccc(F)cc1)N1CCN([C@@H](C)c2nc3ccccc3s2)CC1. The van der Waals surface area contributed by atoms with E-state index in [0.717, 1.165) is 31.7 Å². The Morgan fingerprint density at radius 1 is 0.885 bits per heavy atom. The fraction of sp³-hybridized carbons (Fsp3) is 0.381. The Morgan fingerprint density at radius 3 is 2.15 bits per heavy atom. The lowest BCUT2D eigenvalue weighted by Crippen LogP contribution is -2.47. The number of thiazole rings is 1. The zero-order valence-electron chi connectivity index (χ0n) is 15.2. The van der Waals surface area contributed by atoms with Gasteiger partial charge < -0.3 is 0 Å². The minimum Gasteiger partial charge on any atom is -0.294 e. The smallest absolute Gasteiger partial charge is 0.123 e. The summed E-state index contributed by atoms with van der Waals surface area (Å²) in [6.45, 7) is 8.57. The van der Waals surface area contributed by atoms with E-state index in [0.29, 0.717) is 12.1 Å². The van der Waals surface area contributed by atoms with Gasteiger partial charge in [0.15, 0.2) is 0 Å². The normalized spacial score (nSPS) is 18.9. The summed E-state index contributed by atoms with van der Waals surface area (Å²) in [6, 6.07) is 15.9. The molecule has 1 aliphatic rings. The number of piperazine rings is 1. The van der Waals surface area contributed by atoms with E-state index >= 15 is 0 Å². The number of benzene rings is 2. The summed E-state index contributed by atoms with van der Waals surface area (Å²) in [7, 11) is 0. The summed E-state index contributed by atoms with van der Waals surface area (Å²) < 4.78 is 14.4. The van der Waals surface area contributed by atoms with Crippen molar-refractivity contribution in [2.75, 3.05) is 26.2 Å². The maximum atomic E-state index is 13.1. The fourth-order valence-corrected chi connectivity index (χ4v) is 4.74. The number of aromatic nitrogens is 1. The highest BCUT2D eigenvalue weighted by molar-refractivity contribution is 7.18. The fourth-order valence-electron chi connectivity index (χ4n) is 3.69. The predicted octanol–water partition coefficient (Wildman–Crippen LogP) is 4.88. The number of nitrogens with zero attached hydrogens (tertiary/aromatic N) is 3. The standard InChI is InChI=1S/C21H24FN3S/c1-15(17-7-9-18(22)10-8-17)24-11-13-25(14-12-24)16(2)21-23-19-5-3-4-6-20(19)26-21/h3-10,15-16H,11-14H2,1-2H3/t15-,16-/m0/s1. The van der Waals surface area contributed by atoms with Crippen LogP contribution in [-0.4, -0.2) is 41.0 Å². The van der Waals surface area contributed by atoms with E-state index in [4.69, 9.17) is 4.98 Å². The second kappa shape index (κ2) is 7.43. The van der Waals surface area contributed by atoms with Crippen molar-refractivity contribution in [2.24, 2.45) is 0 Å². The van der Waals surface area contributed by atoms with Crippen LogP contribution in [0.2, 0.25) is 0 Å². The van der Waals surface area contributed by atoms with Gasteiger partial charge in [-0.05, 0) is 43.7 Å². The van der Waals surface area contributed by atoms with E-state index < -0.39 is 0 Å². The van der Waals surface area contributed by atoms with Crippen molar-refractivity contribution in [1.29, 1.82) is 0 Å². The summed E-state index contributed by atoms with van der Waals surface area (Å²) in [6.07, 6.45) is 0. The molecule has 5 heteroatoms. The first-order chi connectivity index (χ1) is 12.6. The number of halogens is 1. The largest absolute Gasteiger partial charge is 0.294 e. The number of rotatable bonds is 4. The lowest BCUT2D eigenvalue weighted by atomic mass is 10.1. The third-order valence-electron chi connectivity index (χ3n) is 5.46. The lowest BCUT2D eigenvalue weighted by molar-refractivity contribution is 0.0782. The van der Waals surface area contributed by atoms with E-state index in [1.165, 1.54) is 15.3 Å². The predicted molar refractivity (Wildman–Crippen MR) is 106 cm³/mol. The molecule has 3 nitrogen and oxygen atoms in total. The Bertz CT molecular complexity index is 835. The van der Waals surface area contributed by atoms with Crippen LogP contribution in [0.5, 0.6) is 0 Å². The molecule has 0 amide bonds. The average Bonchev–Trinajstić information content (AvgIpc) is 3.12. The summed E-state index contributed by atoms with van der Waals surface area (Å²) in [5.74, 6) is -0.171. The maximum Gasteiger partial charge on any atom is 0.123 e. The lowest BCUT2D eigenvalue weighted by Gasteiger charge is -2.40. The molecule has 1 aliphatic heterocycles. The first kappa shape index (κ1) is 17.6. The molecule has 2 heterocycles. The number of para-hydroxylation sites is 1. The first-order valence-corrected chi connectivity index (χ1v) is 10.0. The van der Waals surface area contributed by atoms with Crippen molar-refractivity contribution < 1.29 is 4.39 Å². The number of hydrogen-bond donors (Lipinski definition) is 0. The zero-order chi connectivity index (χ0) is 18.1. The molecule has 136 valence electrons. The summed E-state index contributed by atoms with van der Waals surface area (Å²) in [5.41, 5.74) is 2.28. The highest BCUT2D eigenvalue weighted by Crippen LogP contribution is 2.31. The Kier molecular flexibility index (Phi) is 5.02. The molecule has 0 bridgehead atoms. The minimum absolute atomic E-state index is 0.171. The van der Waals surface area contributed by atoms with Gasteiger partial charge in [-0.3, -0.25) is 9.80 Å². The third-order valence-corrected chi connectivity index (χ3v) is 6.67. The van der Waals surface area contributed by atoms with Gasteiger partial charge in [0, 0.05) is 32.2 Å². The molecule has 0 saturated carbocycles. The molecule has 1 saturated heterocycles. The Hall–Kier alpha value is -1.82. The zero-order valence-corrected chi connectivity index (χ0v) is 16.0. The van der Waals surface area contributed by atoms with E-state index in [1.54, 1.807) is 23.5 Å². The van der Waals surface area contributed by atoms with Gasteiger partial charge >= 0.3 is 0 Å². The minimum atomic E-state index is -0.171. The van der Waals surface area contributed by atoms with Crippen LogP contribution < -0.4 is 0 Å². The van der Waals surface area contributed by atoms with E-state index in [2.05, 4.69) is 41.8 Å². The van der Waals surface area contributed by atoms with Crippen molar-refractivity contribution >= 4 is 21.6 Å². The van der Waals surface area contributed by atoms with Crippen molar-refractivity contribution in [2.45, 2.75) is 25.9 Å². The maximum absolute atomic E-state index is 13.1. The molecule has 26 heavy (non-hydrogen) atoms. The Balaban J connectivity index is 1.40. The van der Waals surface area contributed by atoms with Crippen LogP contribution in [0.1, 0.15) is 36.5 Å². The summed E-state index contributed by atoms with van der Waals surface area (Å²) >= 11 is 1.80. The van der Waals surface area contributed by atoms with Gasteiger partial charge in [0.25, 0.3) is 0 Å². The quantitative estimate of drug-likeness (QED) is 0.654. The highest BCUT2D eigenvalue weighted by Gasteiger charge is 2.26. The molecule has 2 aromatic carbocycles. The molecule has 1 fully saturated rings. The van der Waals surface area contributed by atoms with Crippen LogP contribution in [0.25, 0.3) is 10.2 Å². The van der Waals surface area contributed by atoms with Gasteiger partial charge in [-0.1, -0.05) is 24.3 Å². The highest BCUT2D eigenvalue weighted by atomic mass is 32.1. The van der Waals surface area contributed by atoms with Crippen LogP contribution in [-0.2, 0) is 0 Å². The second-order valence-corrected chi connectivity index (χ2v) is 8.06. The molecule has 0 spiro atoms. The molecule has 1 aromatic heterocycles. The van der Waals surface area contributed by atoms with Crippen molar-refractivity contribution in [3.8, 4) is 0 Å². The number of hydrogen-bond acceptors (Lipinski definition) is 4. The van der Waals surface area contributed by atoms with Gasteiger partial charge in [-0.15, -0.1) is 11.3 Å². The Labute approximate surface area is 158 Å². The van der Waals surface area contributed by atoms with Gasteiger partial charge in [0.1, 0.15) is 10.8 Å².